The van der Waals surface area contributed by atoms with E-state index in [1.54, 1.807) is 30.3 Å². The zero-order valence-electron chi connectivity index (χ0n) is 18.6. The third-order valence-corrected chi connectivity index (χ3v) is 5.83. The zero-order valence-corrected chi connectivity index (χ0v) is 19.4. The SMILES string of the molecule is CCOc1ccc(/C=C2/SC(=O)N(CC(=O)Nc3cccc(C)c3C)C2=O)cc1OCC. The summed E-state index contributed by atoms with van der Waals surface area (Å²) < 4.78 is 11.2. The van der Waals surface area contributed by atoms with Crippen LogP contribution in [-0.4, -0.2) is 41.7 Å². The van der Waals surface area contributed by atoms with E-state index in [0.29, 0.717) is 36.0 Å². The van der Waals surface area contributed by atoms with E-state index in [1.807, 2.05) is 39.8 Å². The molecule has 0 aliphatic carbocycles. The smallest absolute Gasteiger partial charge is 0.294 e. The Morgan fingerprint density at radius 2 is 1.78 bits per heavy atom. The summed E-state index contributed by atoms with van der Waals surface area (Å²) in [4.78, 5) is 38.9. The van der Waals surface area contributed by atoms with Crippen molar-refractivity contribution in [3.8, 4) is 11.5 Å². The highest BCUT2D eigenvalue weighted by atomic mass is 32.2. The maximum Gasteiger partial charge on any atom is 0.294 e. The molecule has 0 aromatic heterocycles. The number of carbonyl (C=O) groups excluding carboxylic acids is 3. The van der Waals surface area contributed by atoms with E-state index >= 15 is 0 Å². The van der Waals surface area contributed by atoms with Crippen molar-refractivity contribution in [1.82, 2.24) is 4.90 Å². The summed E-state index contributed by atoms with van der Waals surface area (Å²) in [5.41, 5.74) is 3.34. The summed E-state index contributed by atoms with van der Waals surface area (Å²) >= 11 is 0.811. The second-order valence-corrected chi connectivity index (χ2v) is 8.13. The summed E-state index contributed by atoms with van der Waals surface area (Å²) in [6, 6.07) is 10.9. The van der Waals surface area contributed by atoms with Gasteiger partial charge in [0.15, 0.2) is 11.5 Å². The molecule has 0 bridgehead atoms. The lowest BCUT2D eigenvalue weighted by Gasteiger charge is -2.14. The van der Waals surface area contributed by atoms with E-state index in [9.17, 15) is 14.4 Å². The molecular weight excluding hydrogens is 428 g/mol. The first-order valence-corrected chi connectivity index (χ1v) is 11.2. The molecule has 0 spiro atoms. The van der Waals surface area contributed by atoms with Gasteiger partial charge in [-0.1, -0.05) is 18.2 Å². The fraction of sp³-hybridized carbons (Fsp3) is 0.292. The van der Waals surface area contributed by atoms with E-state index in [4.69, 9.17) is 9.47 Å². The molecule has 1 N–H and O–H groups in total. The first-order valence-electron chi connectivity index (χ1n) is 10.3. The molecule has 7 nitrogen and oxygen atoms in total. The number of hydrogen-bond acceptors (Lipinski definition) is 6. The minimum absolute atomic E-state index is 0.251. The average molecular weight is 455 g/mol. The average Bonchev–Trinajstić information content (AvgIpc) is 3.01. The molecule has 0 unspecified atom stereocenters. The highest BCUT2D eigenvalue weighted by Gasteiger charge is 2.36. The number of ether oxygens (including phenoxy) is 2. The molecule has 32 heavy (non-hydrogen) atoms. The van der Waals surface area contributed by atoms with E-state index in [-0.39, 0.29) is 11.4 Å². The Balaban J connectivity index is 1.74. The lowest BCUT2D eigenvalue weighted by atomic mass is 10.1. The van der Waals surface area contributed by atoms with E-state index in [0.717, 1.165) is 27.8 Å². The Bertz CT molecular complexity index is 1080. The Morgan fingerprint density at radius 1 is 1.06 bits per heavy atom. The Morgan fingerprint density at radius 3 is 2.50 bits per heavy atom. The number of amides is 3. The predicted molar refractivity (Wildman–Crippen MR) is 126 cm³/mol. The fourth-order valence-corrected chi connectivity index (χ4v) is 4.00. The van der Waals surface area contributed by atoms with Crippen molar-refractivity contribution in [3.63, 3.8) is 0 Å². The Hall–Kier alpha value is -3.26. The second-order valence-electron chi connectivity index (χ2n) is 7.14. The number of rotatable bonds is 8. The molecule has 8 heteroatoms. The van der Waals surface area contributed by atoms with Crippen molar-refractivity contribution in [2.45, 2.75) is 27.7 Å². The zero-order chi connectivity index (χ0) is 23.3. The van der Waals surface area contributed by atoms with Gasteiger partial charge in [-0.3, -0.25) is 19.3 Å². The second kappa shape index (κ2) is 10.4. The summed E-state index contributed by atoms with van der Waals surface area (Å²) in [5.74, 6) is 0.253. The van der Waals surface area contributed by atoms with Crippen LogP contribution in [0.2, 0.25) is 0 Å². The first-order chi connectivity index (χ1) is 15.3. The van der Waals surface area contributed by atoms with Crippen molar-refractivity contribution in [2.75, 3.05) is 25.1 Å². The number of carbonyl (C=O) groups is 3. The molecule has 1 aliphatic rings. The largest absolute Gasteiger partial charge is 0.490 e. The lowest BCUT2D eigenvalue weighted by molar-refractivity contribution is -0.127. The number of nitrogens with zero attached hydrogens (tertiary/aromatic N) is 1. The normalized spacial score (nSPS) is 14.8. The number of hydrogen-bond donors (Lipinski definition) is 1. The van der Waals surface area contributed by atoms with Crippen LogP contribution >= 0.6 is 11.8 Å². The maximum absolute atomic E-state index is 12.8. The van der Waals surface area contributed by atoms with E-state index in [1.165, 1.54) is 0 Å². The van der Waals surface area contributed by atoms with Crippen LogP contribution in [0.5, 0.6) is 11.5 Å². The van der Waals surface area contributed by atoms with E-state index in [2.05, 4.69) is 5.32 Å². The predicted octanol–water partition coefficient (Wildman–Crippen LogP) is 4.78. The molecule has 2 aromatic rings. The van der Waals surface area contributed by atoms with Gasteiger partial charge >= 0.3 is 0 Å². The molecule has 3 amide bonds. The molecule has 1 aliphatic heterocycles. The number of imide groups is 1. The summed E-state index contributed by atoms with van der Waals surface area (Å²) in [5, 5.41) is 2.30. The van der Waals surface area contributed by atoms with Gasteiger partial charge in [0.2, 0.25) is 5.91 Å². The van der Waals surface area contributed by atoms with Crippen LogP contribution in [0, 0.1) is 13.8 Å². The number of nitrogens with one attached hydrogen (secondary N) is 1. The molecule has 1 fully saturated rings. The Labute approximate surface area is 191 Å². The minimum Gasteiger partial charge on any atom is -0.490 e. The summed E-state index contributed by atoms with van der Waals surface area (Å²) in [6.45, 7) is 8.24. The lowest BCUT2D eigenvalue weighted by Crippen LogP contribution is -2.36. The third-order valence-electron chi connectivity index (χ3n) is 4.92. The minimum atomic E-state index is -0.497. The van der Waals surface area contributed by atoms with Crippen LogP contribution < -0.4 is 14.8 Å². The molecular formula is C24H26N2O5S. The van der Waals surface area contributed by atoms with Crippen molar-refractivity contribution >= 4 is 40.6 Å². The number of aryl methyl sites for hydroxylation is 1. The van der Waals surface area contributed by atoms with Crippen LogP contribution in [0.1, 0.15) is 30.5 Å². The van der Waals surface area contributed by atoms with Gasteiger partial charge in [-0.25, -0.2) is 0 Å². The van der Waals surface area contributed by atoms with Gasteiger partial charge in [-0.2, -0.15) is 0 Å². The third kappa shape index (κ3) is 5.31. The molecule has 0 atom stereocenters. The van der Waals surface area contributed by atoms with Gasteiger partial charge in [0, 0.05) is 5.69 Å². The molecule has 1 saturated heterocycles. The molecule has 0 radical (unpaired) electrons. The molecule has 168 valence electrons. The van der Waals surface area contributed by atoms with Crippen LogP contribution in [0.25, 0.3) is 6.08 Å². The van der Waals surface area contributed by atoms with Crippen molar-refractivity contribution in [1.29, 1.82) is 0 Å². The van der Waals surface area contributed by atoms with Gasteiger partial charge in [0.25, 0.3) is 11.1 Å². The fourth-order valence-electron chi connectivity index (χ4n) is 3.17. The number of thioether (sulfide) groups is 1. The summed E-state index contributed by atoms with van der Waals surface area (Å²) in [7, 11) is 0. The summed E-state index contributed by atoms with van der Waals surface area (Å²) in [6.07, 6.45) is 1.62. The van der Waals surface area contributed by atoms with Gasteiger partial charge in [0.1, 0.15) is 6.54 Å². The first kappa shape index (κ1) is 23.4. The molecule has 1 heterocycles. The van der Waals surface area contributed by atoms with Crippen molar-refractivity contribution in [2.24, 2.45) is 0 Å². The van der Waals surface area contributed by atoms with Crippen LogP contribution in [-0.2, 0) is 9.59 Å². The van der Waals surface area contributed by atoms with Gasteiger partial charge in [-0.15, -0.1) is 0 Å². The van der Waals surface area contributed by atoms with Crippen molar-refractivity contribution < 1.29 is 23.9 Å². The topological polar surface area (TPSA) is 84.9 Å². The van der Waals surface area contributed by atoms with Gasteiger partial charge in [0.05, 0.1) is 18.1 Å². The quantitative estimate of drug-likeness (QED) is 0.578. The molecule has 3 rings (SSSR count). The Kier molecular flexibility index (Phi) is 7.58. The number of anilines is 1. The maximum atomic E-state index is 12.8. The molecule has 2 aromatic carbocycles. The van der Waals surface area contributed by atoms with Crippen LogP contribution in [0.4, 0.5) is 10.5 Å². The van der Waals surface area contributed by atoms with Gasteiger partial charge in [-0.05, 0) is 80.4 Å². The van der Waals surface area contributed by atoms with Crippen LogP contribution in [0.3, 0.4) is 0 Å². The number of benzene rings is 2. The highest BCUT2D eigenvalue weighted by Crippen LogP contribution is 2.34. The van der Waals surface area contributed by atoms with Crippen molar-refractivity contribution in [3.05, 3.63) is 58.0 Å². The molecule has 0 saturated carbocycles. The van der Waals surface area contributed by atoms with Gasteiger partial charge < -0.3 is 14.8 Å². The monoisotopic (exact) mass is 454 g/mol. The van der Waals surface area contributed by atoms with E-state index < -0.39 is 17.1 Å². The highest BCUT2D eigenvalue weighted by molar-refractivity contribution is 8.18. The standard InChI is InChI=1S/C24H26N2O5S/c1-5-30-19-11-10-17(12-20(19)31-6-2)13-21-23(28)26(24(29)32-21)14-22(27)25-18-9-7-8-15(3)16(18)4/h7-13H,5-6,14H2,1-4H3,(H,25,27)/b21-13+. The van der Waals surface area contributed by atoms with Crippen LogP contribution in [0.15, 0.2) is 41.3 Å².